The molecular formula is C36H45ClN4O2. The number of nitrogens with one attached hydrogen (secondary N) is 1. The van der Waals surface area contributed by atoms with E-state index in [1.165, 1.54) is 0 Å². The summed E-state index contributed by atoms with van der Waals surface area (Å²) < 4.78 is 0. The van der Waals surface area contributed by atoms with Crippen LogP contribution in [-0.4, -0.2) is 30.8 Å². The Morgan fingerprint density at radius 1 is 1.09 bits per heavy atom. The highest BCUT2D eigenvalue weighted by molar-refractivity contribution is 6.30. The highest BCUT2D eigenvalue weighted by Crippen LogP contribution is 2.42. The number of hydrogen-bond acceptors (Lipinski definition) is 4. The van der Waals surface area contributed by atoms with Crippen molar-refractivity contribution in [3.63, 3.8) is 0 Å². The summed E-state index contributed by atoms with van der Waals surface area (Å²) >= 11 is 6.17. The fourth-order valence-corrected chi connectivity index (χ4v) is 6.02. The first-order chi connectivity index (χ1) is 20.5. The molecule has 5 atom stereocenters. The molecule has 0 saturated heterocycles. The van der Waals surface area contributed by atoms with Crippen LogP contribution in [0.5, 0.6) is 0 Å². The molecule has 5 unspecified atom stereocenters. The summed E-state index contributed by atoms with van der Waals surface area (Å²) in [4.78, 5) is 35.2. The second kappa shape index (κ2) is 14.3. The molecular weight excluding hydrogens is 556 g/mol. The highest BCUT2D eigenvalue weighted by atomic mass is 35.5. The van der Waals surface area contributed by atoms with E-state index in [-0.39, 0.29) is 36.0 Å². The summed E-state index contributed by atoms with van der Waals surface area (Å²) in [6.45, 7) is 10.9. The van der Waals surface area contributed by atoms with Gasteiger partial charge in [0.2, 0.25) is 11.8 Å². The summed E-state index contributed by atoms with van der Waals surface area (Å²) in [6.07, 6.45) is 9.29. The zero-order chi connectivity index (χ0) is 31.3. The number of rotatable bonds is 9. The number of carbonyl (C=O) groups is 2. The molecule has 2 aromatic carbocycles. The van der Waals surface area contributed by atoms with Crippen molar-refractivity contribution in [1.82, 2.24) is 0 Å². The Labute approximate surface area is 262 Å². The number of allylic oxidation sites excluding steroid dienone is 3. The number of aliphatic imine (C=N–C) groups is 1. The van der Waals surface area contributed by atoms with Gasteiger partial charge < -0.3 is 10.3 Å². The Morgan fingerprint density at radius 2 is 1.77 bits per heavy atom. The van der Waals surface area contributed by atoms with E-state index < -0.39 is 0 Å². The van der Waals surface area contributed by atoms with Crippen molar-refractivity contribution in [2.24, 2.45) is 28.7 Å². The molecule has 2 amide bonds. The third-order valence-corrected chi connectivity index (χ3v) is 9.61. The van der Waals surface area contributed by atoms with Crippen LogP contribution < -0.4 is 9.80 Å². The molecule has 2 heterocycles. The average molecular weight is 601 g/mol. The third kappa shape index (κ3) is 7.35. The van der Waals surface area contributed by atoms with Crippen LogP contribution in [-0.2, 0) is 9.59 Å². The van der Waals surface area contributed by atoms with Gasteiger partial charge in [0.15, 0.2) is 0 Å². The van der Waals surface area contributed by atoms with Gasteiger partial charge in [-0.05, 0) is 85.1 Å². The minimum Gasteiger partial charge on any atom is -0.312 e. The quantitative estimate of drug-likeness (QED) is 0.292. The fraction of sp³-hybridized carbons (Fsp3) is 0.444. The summed E-state index contributed by atoms with van der Waals surface area (Å²) in [5.41, 5.74) is 4.27. The second-order valence-electron chi connectivity index (χ2n) is 12.2. The van der Waals surface area contributed by atoms with E-state index >= 15 is 0 Å². The van der Waals surface area contributed by atoms with E-state index in [9.17, 15) is 9.59 Å². The molecule has 0 aliphatic carbocycles. The van der Waals surface area contributed by atoms with Gasteiger partial charge >= 0.3 is 0 Å². The predicted molar refractivity (Wildman–Crippen MR) is 179 cm³/mol. The van der Waals surface area contributed by atoms with Gasteiger partial charge in [-0.15, -0.1) is 0 Å². The number of amides is 2. The number of carbonyl (C=O) groups excluding carboxylic acids is 2. The van der Waals surface area contributed by atoms with Gasteiger partial charge in [-0.1, -0.05) is 70.8 Å². The van der Waals surface area contributed by atoms with Crippen LogP contribution in [0.1, 0.15) is 78.2 Å². The monoisotopic (exact) mass is 600 g/mol. The summed E-state index contributed by atoms with van der Waals surface area (Å²) in [6, 6.07) is 15.1. The van der Waals surface area contributed by atoms with Crippen molar-refractivity contribution in [2.75, 3.05) is 16.8 Å². The summed E-state index contributed by atoms with van der Waals surface area (Å²) in [7, 11) is 1.79. The van der Waals surface area contributed by atoms with Crippen molar-refractivity contribution >= 4 is 46.7 Å². The van der Waals surface area contributed by atoms with E-state index in [4.69, 9.17) is 22.0 Å². The minimum atomic E-state index is -0.144. The van der Waals surface area contributed by atoms with Gasteiger partial charge in [-0.3, -0.25) is 19.5 Å². The molecule has 0 spiro atoms. The molecule has 0 radical (unpaired) electrons. The van der Waals surface area contributed by atoms with Crippen LogP contribution in [0.4, 0.5) is 11.4 Å². The lowest BCUT2D eigenvalue weighted by atomic mass is 9.82. The zero-order valence-corrected chi connectivity index (χ0v) is 27.1. The topological polar surface area (TPSA) is 76.8 Å². The van der Waals surface area contributed by atoms with Crippen LogP contribution in [0.15, 0.2) is 77.1 Å². The van der Waals surface area contributed by atoms with Crippen LogP contribution in [0.3, 0.4) is 0 Å². The van der Waals surface area contributed by atoms with Crippen LogP contribution in [0.25, 0.3) is 0 Å². The maximum absolute atomic E-state index is 14.0. The molecule has 0 fully saturated rings. The van der Waals surface area contributed by atoms with Gasteiger partial charge in [0.1, 0.15) is 0 Å². The van der Waals surface area contributed by atoms with Crippen molar-refractivity contribution in [2.45, 2.75) is 72.6 Å². The van der Waals surface area contributed by atoms with Crippen LogP contribution >= 0.6 is 11.6 Å². The molecule has 43 heavy (non-hydrogen) atoms. The van der Waals surface area contributed by atoms with Gasteiger partial charge in [-0.2, -0.15) is 0 Å². The van der Waals surface area contributed by atoms with Gasteiger partial charge in [0.05, 0.1) is 17.1 Å². The van der Waals surface area contributed by atoms with Gasteiger partial charge in [0, 0.05) is 47.9 Å². The number of halogens is 1. The average Bonchev–Trinajstić information content (AvgIpc) is 3.24. The first kappa shape index (κ1) is 32.4. The Hall–Kier alpha value is -3.51. The van der Waals surface area contributed by atoms with E-state index in [0.29, 0.717) is 40.4 Å². The number of hydrogen-bond donors (Lipinski definition) is 1. The second-order valence-corrected chi connectivity index (χ2v) is 12.6. The largest absolute Gasteiger partial charge is 0.312 e. The standard InChI is InChI=1S/C36H45ClN4O2/c1-7-23(3)24(4)10-9-11-33(42)40(6)29-16-12-27(13-17-29)31-21-34(43)41(30-18-14-28(37)15-19-30)36-32(38)20-26(8-2)22-39-35(36)25(31)5/h9,11-19,22-26,31,38H,7-8,10,20-21H2,1-6H3. The van der Waals surface area contributed by atoms with E-state index in [1.54, 1.807) is 35.1 Å². The Bertz CT molecular complexity index is 1410. The molecule has 1 N–H and O–H groups in total. The first-order valence-electron chi connectivity index (χ1n) is 15.5. The summed E-state index contributed by atoms with van der Waals surface area (Å²) in [5, 5.41) is 9.66. The van der Waals surface area contributed by atoms with Crippen LogP contribution in [0.2, 0.25) is 5.02 Å². The lowest BCUT2D eigenvalue weighted by molar-refractivity contribution is -0.118. The smallest absolute Gasteiger partial charge is 0.250 e. The molecule has 228 valence electrons. The van der Waals surface area contributed by atoms with Crippen molar-refractivity contribution in [3.05, 3.63) is 82.7 Å². The molecule has 0 saturated carbocycles. The minimum absolute atomic E-state index is 0.0627. The van der Waals surface area contributed by atoms with E-state index in [1.807, 2.05) is 48.7 Å². The fourth-order valence-electron chi connectivity index (χ4n) is 5.89. The maximum Gasteiger partial charge on any atom is 0.250 e. The molecule has 0 aromatic heterocycles. The molecule has 2 aliphatic rings. The lowest BCUT2D eigenvalue weighted by Gasteiger charge is -2.26. The molecule has 6 nitrogen and oxygen atoms in total. The number of benzene rings is 2. The normalized spacial score (nSPS) is 22.3. The number of likely N-dealkylation sites (N-methyl/N-ethyl adjacent to an activating group) is 1. The summed E-state index contributed by atoms with van der Waals surface area (Å²) in [5.74, 6) is 0.907. The van der Waals surface area contributed by atoms with Crippen LogP contribution in [0, 0.1) is 29.1 Å². The Morgan fingerprint density at radius 3 is 2.40 bits per heavy atom. The molecule has 4 rings (SSSR count). The van der Waals surface area contributed by atoms with E-state index in [2.05, 4.69) is 34.6 Å². The van der Waals surface area contributed by atoms with Crippen molar-refractivity contribution in [1.29, 1.82) is 5.41 Å². The molecule has 0 bridgehead atoms. The maximum atomic E-state index is 14.0. The van der Waals surface area contributed by atoms with E-state index in [0.717, 1.165) is 36.2 Å². The highest BCUT2D eigenvalue weighted by Gasteiger charge is 2.39. The SMILES string of the molecule is CCC1C=NC2=C(C(=N)C1)N(c1ccc(Cl)cc1)C(=O)CC(c1ccc(N(C)C(=O)C=CCC(C)C(C)CC)cc1)C2C. The zero-order valence-electron chi connectivity index (χ0n) is 26.3. The lowest BCUT2D eigenvalue weighted by Crippen LogP contribution is -2.33. The van der Waals surface area contributed by atoms with Gasteiger partial charge in [-0.25, -0.2) is 0 Å². The molecule has 2 aliphatic heterocycles. The number of anilines is 2. The van der Waals surface area contributed by atoms with Crippen molar-refractivity contribution < 1.29 is 9.59 Å². The predicted octanol–water partition coefficient (Wildman–Crippen LogP) is 8.82. The third-order valence-electron chi connectivity index (χ3n) is 9.35. The van der Waals surface area contributed by atoms with Crippen molar-refractivity contribution in [3.8, 4) is 0 Å². The number of nitrogens with zero attached hydrogens (tertiary/aromatic N) is 3. The molecule has 7 heteroatoms. The van der Waals surface area contributed by atoms with Gasteiger partial charge in [0.25, 0.3) is 0 Å². The first-order valence-corrected chi connectivity index (χ1v) is 15.9. The Kier molecular flexibility index (Phi) is 10.8. The Balaban J connectivity index is 1.62. The molecule has 2 aromatic rings.